The van der Waals surface area contributed by atoms with E-state index < -0.39 is 21.2 Å². The van der Waals surface area contributed by atoms with Crippen LogP contribution in [0.5, 0.6) is 0 Å². The smallest absolute Gasteiger partial charge is 0.315 e. The van der Waals surface area contributed by atoms with Gasteiger partial charge in [-0.25, -0.2) is 18.2 Å². The molecule has 1 aromatic rings. The molecule has 0 aliphatic heterocycles. The zero-order valence-corrected chi connectivity index (χ0v) is 14.7. The molecule has 0 spiro atoms. The van der Waals surface area contributed by atoms with E-state index in [4.69, 9.17) is 0 Å². The highest BCUT2D eigenvalue weighted by atomic mass is 32.2. The number of nitrogens with zero attached hydrogens (tertiary/aromatic N) is 5. The Hall–Kier alpha value is -2.26. The Morgan fingerprint density at radius 1 is 1.21 bits per heavy atom. The van der Waals surface area contributed by atoms with Crippen molar-refractivity contribution in [2.24, 2.45) is 0 Å². The number of carbonyl (C=O) groups is 1. The number of carbonyl (C=O) groups excluding carboxylic acids is 1. The van der Waals surface area contributed by atoms with Gasteiger partial charge in [-0.05, 0) is 6.42 Å². The Balaban J connectivity index is 3.09. The molecular formula is C15H23N5O3S. The number of hydrogen-bond acceptors (Lipinski definition) is 5. The molecule has 1 heterocycles. The molecule has 0 aromatic carbocycles. The van der Waals surface area contributed by atoms with E-state index in [2.05, 4.69) is 29.8 Å². The molecule has 0 atom stereocenters. The van der Waals surface area contributed by atoms with Gasteiger partial charge in [0.05, 0.1) is 0 Å². The quantitative estimate of drug-likeness (QED) is 0.595. The molecule has 132 valence electrons. The van der Waals surface area contributed by atoms with E-state index in [1.165, 1.54) is 15.3 Å². The second-order valence-electron chi connectivity index (χ2n) is 4.89. The molecule has 9 heteroatoms. The Kier molecular flexibility index (Phi) is 7.53. The van der Waals surface area contributed by atoms with Gasteiger partial charge in [-0.3, -0.25) is 0 Å². The molecule has 0 unspecified atom stereocenters. The summed E-state index contributed by atoms with van der Waals surface area (Å²) in [7, 11) is -3.88. The molecule has 1 amide bonds. The summed E-state index contributed by atoms with van der Waals surface area (Å²) >= 11 is 0. The Labute approximate surface area is 142 Å². The molecule has 24 heavy (non-hydrogen) atoms. The average molecular weight is 353 g/mol. The number of amides is 1. The van der Waals surface area contributed by atoms with Gasteiger partial charge in [0, 0.05) is 26.2 Å². The first-order chi connectivity index (χ1) is 11.4. The lowest BCUT2D eigenvalue weighted by Crippen LogP contribution is -2.36. The summed E-state index contributed by atoms with van der Waals surface area (Å²) in [5, 5.41) is 3.42. The molecular weight excluding hydrogens is 330 g/mol. The lowest BCUT2D eigenvalue weighted by atomic mass is 10.5. The van der Waals surface area contributed by atoms with E-state index in [-0.39, 0.29) is 19.6 Å². The molecule has 0 bridgehead atoms. The lowest BCUT2D eigenvalue weighted by molar-refractivity contribution is 0.206. The van der Waals surface area contributed by atoms with Gasteiger partial charge in [-0.15, -0.1) is 24.8 Å². The predicted octanol–water partition coefficient (Wildman–Crippen LogP) is 1.51. The standard InChI is InChI=1S/C15H23N5O3S/c1-5-9-18(10-6-2)15(21)20-13-16-14(17-20)24(22,23)19(11-7-3)12-8-4/h5-7,13H,1-3,8-12H2,4H3. The third-order valence-electron chi connectivity index (χ3n) is 3.01. The van der Waals surface area contributed by atoms with Crippen LogP contribution in [0, 0.1) is 0 Å². The summed E-state index contributed by atoms with van der Waals surface area (Å²) in [5.41, 5.74) is 0. The van der Waals surface area contributed by atoms with Crippen molar-refractivity contribution in [1.29, 1.82) is 0 Å². The van der Waals surface area contributed by atoms with Crippen LogP contribution in [0.25, 0.3) is 0 Å². The zero-order chi connectivity index (χ0) is 18.2. The van der Waals surface area contributed by atoms with E-state index in [0.29, 0.717) is 13.0 Å². The van der Waals surface area contributed by atoms with Crippen molar-refractivity contribution in [2.75, 3.05) is 26.2 Å². The first-order valence-electron chi connectivity index (χ1n) is 7.46. The maximum absolute atomic E-state index is 12.6. The largest absolute Gasteiger partial charge is 0.346 e. The van der Waals surface area contributed by atoms with E-state index in [1.54, 1.807) is 12.2 Å². The molecule has 1 aromatic heterocycles. The van der Waals surface area contributed by atoms with Crippen LogP contribution in [0.4, 0.5) is 4.79 Å². The van der Waals surface area contributed by atoms with Gasteiger partial charge in [0.1, 0.15) is 6.33 Å². The monoisotopic (exact) mass is 353 g/mol. The molecule has 0 saturated carbocycles. The Bertz CT molecular complexity index is 686. The van der Waals surface area contributed by atoms with Gasteiger partial charge < -0.3 is 4.90 Å². The molecule has 0 aliphatic rings. The number of hydrogen-bond donors (Lipinski definition) is 0. The fourth-order valence-corrected chi connectivity index (χ4v) is 3.29. The molecule has 1 rings (SSSR count). The van der Waals surface area contributed by atoms with Crippen molar-refractivity contribution in [1.82, 2.24) is 24.0 Å². The van der Waals surface area contributed by atoms with Gasteiger partial charge in [-0.1, -0.05) is 25.2 Å². The third-order valence-corrected chi connectivity index (χ3v) is 4.67. The normalized spacial score (nSPS) is 11.2. The topological polar surface area (TPSA) is 88.4 Å². The Morgan fingerprint density at radius 2 is 1.79 bits per heavy atom. The minimum atomic E-state index is -3.88. The molecule has 8 nitrogen and oxygen atoms in total. The van der Waals surface area contributed by atoms with E-state index >= 15 is 0 Å². The van der Waals surface area contributed by atoms with Crippen molar-refractivity contribution in [3.8, 4) is 0 Å². The van der Waals surface area contributed by atoms with Crippen LogP contribution < -0.4 is 0 Å². The maximum Gasteiger partial charge on any atom is 0.346 e. The number of aromatic nitrogens is 3. The summed E-state index contributed by atoms with van der Waals surface area (Å²) in [6.45, 7) is 13.6. The SMILES string of the molecule is C=CCN(CC=C)C(=O)n1cnc(S(=O)(=O)N(CC=C)CCC)n1. The summed E-state index contributed by atoms with van der Waals surface area (Å²) < 4.78 is 27.2. The van der Waals surface area contributed by atoms with Gasteiger partial charge >= 0.3 is 6.03 Å². The molecule has 0 radical (unpaired) electrons. The summed E-state index contributed by atoms with van der Waals surface area (Å²) in [6.07, 6.45) is 6.34. The minimum Gasteiger partial charge on any atom is -0.315 e. The summed E-state index contributed by atoms with van der Waals surface area (Å²) in [5.74, 6) is 0. The second-order valence-corrected chi connectivity index (χ2v) is 6.72. The van der Waals surface area contributed by atoms with Crippen molar-refractivity contribution in [3.63, 3.8) is 0 Å². The van der Waals surface area contributed by atoms with Crippen LogP contribution in [0.15, 0.2) is 49.4 Å². The van der Waals surface area contributed by atoms with Crippen LogP contribution in [0.2, 0.25) is 0 Å². The van der Waals surface area contributed by atoms with Crippen molar-refractivity contribution < 1.29 is 13.2 Å². The van der Waals surface area contributed by atoms with Crippen molar-refractivity contribution in [2.45, 2.75) is 18.5 Å². The van der Waals surface area contributed by atoms with Crippen molar-refractivity contribution >= 4 is 16.1 Å². The second kappa shape index (κ2) is 9.14. The molecule has 0 N–H and O–H groups in total. The predicted molar refractivity (Wildman–Crippen MR) is 92.0 cm³/mol. The first kappa shape index (κ1) is 19.8. The highest BCUT2D eigenvalue weighted by Crippen LogP contribution is 2.11. The molecule has 0 aliphatic carbocycles. The van der Waals surface area contributed by atoms with Crippen LogP contribution in [0.1, 0.15) is 13.3 Å². The van der Waals surface area contributed by atoms with Gasteiger partial charge in [-0.2, -0.15) is 8.99 Å². The fourth-order valence-electron chi connectivity index (χ4n) is 1.96. The van der Waals surface area contributed by atoms with E-state index in [0.717, 1.165) is 11.0 Å². The minimum absolute atomic E-state index is 0.151. The third kappa shape index (κ3) is 4.62. The van der Waals surface area contributed by atoms with Gasteiger partial charge in [0.15, 0.2) is 0 Å². The van der Waals surface area contributed by atoms with Crippen LogP contribution >= 0.6 is 0 Å². The van der Waals surface area contributed by atoms with Crippen LogP contribution in [0.3, 0.4) is 0 Å². The molecule has 0 saturated heterocycles. The van der Waals surface area contributed by atoms with Gasteiger partial charge in [0.25, 0.3) is 15.2 Å². The summed E-state index contributed by atoms with van der Waals surface area (Å²) in [4.78, 5) is 17.5. The summed E-state index contributed by atoms with van der Waals surface area (Å²) in [6, 6.07) is -0.505. The highest BCUT2D eigenvalue weighted by Gasteiger charge is 2.28. The first-order valence-corrected chi connectivity index (χ1v) is 8.90. The number of rotatable bonds is 10. The zero-order valence-electron chi connectivity index (χ0n) is 13.8. The average Bonchev–Trinajstić information content (AvgIpc) is 3.04. The van der Waals surface area contributed by atoms with E-state index in [9.17, 15) is 13.2 Å². The van der Waals surface area contributed by atoms with Crippen molar-refractivity contribution in [3.05, 3.63) is 44.3 Å². The van der Waals surface area contributed by atoms with E-state index in [1.807, 2.05) is 6.92 Å². The molecule has 0 fully saturated rings. The Morgan fingerprint density at radius 3 is 2.29 bits per heavy atom. The van der Waals surface area contributed by atoms with Crippen LogP contribution in [-0.2, 0) is 10.0 Å². The fraction of sp³-hybridized carbons (Fsp3) is 0.400. The maximum atomic E-state index is 12.6. The van der Waals surface area contributed by atoms with Crippen LogP contribution in [-0.4, -0.2) is 64.6 Å². The van der Waals surface area contributed by atoms with Gasteiger partial charge in [0.2, 0.25) is 0 Å². The highest BCUT2D eigenvalue weighted by molar-refractivity contribution is 7.88. The lowest BCUT2D eigenvalue weighted by Gasteiger charge is -2.18. The number of sulfonamides is 1.